The van der Waals surface area contributed by atoms with Gasteiger partial charge in [0, 0.05) is 11.3 Å². The van der Waals surface area contributed by atoms with Crippen molar-refractivity contribution >= 4 is 33.1 Å². The highest BCUT2D eigenvalue weighted by Gasteiger charge is 2.35. The second-order valence-corrected chi connectivity index (χ2v) is 12.3. The van der Waals surface area contributed by atoms with Gasteiger partial charge in [-0.25, -0.2) is 0 Å². The molecule has 2 aliphatic rings. The van der Waals surface area contributed by atoms with Gasteiger partial charge in [-0.05, 0) is 73.1 Å². The molecule has 1 heterocycles. The van der Waals surface area contributed by atoms with Crippen molar-refractivity contribution < 1.29 is 0 Å². The number of anilines is 1. The molecule has 47 heavy (non-hydrogen) atoms. The number of hydrogen-bond acceptors (Lipinski definition) is 2. The third-order valence-corrected chi connectivity index (χ3v) is 9.53. The minimum absolute atomic E-state index is 0.104. The Kier molecular flexibility index (Phi) is 6.64. The van der Waals surface area contributed by atoms with Crippen LogP contribution >= 0.6 is 0 Å². The summed E-state index contributed by atoms with van der Waals surface area (Å²) in [6, 6.07) is 57.3. The van der Waals surface area contributed by atoms with Crippen LogP contribution in [0, 0.1) is 0 Å². The molecular weight excluding hydrogens is 569 g/mol. The molecule has 2 atom stereocenters. The number of allylic oxidation sites excluding steroid dienone is 2. The van der Waals surface area contributed by atoms with E-state index in [0.29, 0.717) is 0 Å². The van der Waals surface area contributed by atoms with Crippen LogP contribution in [0.25, 0.3) is 54.9 Å². The van der Waals surface area contributed by atoms with Crippen molar-refractivity contribution in [1.29, 1.82) is 0 Å². The Bertz CT molecular complexity index is 2330. The SMILES string of the molecule is C1=CC2N=C(c3ccc(-c4c5ccccc5c(-c5ccccc5)c5cc(-c6ccccc6)ccc45)cc3)N(c3ccccc3)C2C=C1. The lowest BCUT2D eigenvalue weighted by atomic mass is 9.84. The van der Waals surface area contributed by atoms with Crippen molar-refractivity contribution in [1.82, 2.24) is 0 Å². The third kappa shape index (κ3) is 4.69. The van der Waals surface area contributed by atoms with Gasteiger partial charge in [-0.2, -0.15) is 0 Å². The van der Waals surface area contributed by atoms with Crippen LogP contribution in [0.1, 0.15) is 5.56 Å². The first-order valence-corrected chi connectivity index (χ1v) is 16.3. The molecule has 9 rings (SSSR count). The number of para-hydroxylation sites is 1. The molecule has 1 aliphatic heterocycles. The molecule has 1 aliphatic carbocycles. The van der Waals surface area contributed by atoms with Gasteiger partial charge in [-0.1, -0.05) is 164 Å². The second-order valence-electron chi connectivity index (χ2n) is 12.3. The van der Waals surface area contributed by atoms with Crippen LogP contribution in [0.2, 0.25) is 0 Å². The lowest BCUT2D eigenvalue weighted by Crippen LogP contribution is -2.39. The highest BCUT2D eigenvalue weighted by molar-refractivity contribution is 6.22. The number of amidine groups is 1. The summed E-state index contributed by atoms with van der Waals surface area (Å²) in [7, 11) is 0. The van der Waals surface area contributed by atoms with Crippen molar-refractivity contribution in [3.8, 4) is 33.4 Å². The summed E-state index contributed by atoms with van der Waals surface area (Å²) >= 11 is 0. The zero-order chi connectivity index (χ0) is 31.2. The minimum Gasteiger partial charge on any atom is -0.317 e. The van der Waals surface area contributed by atoms with Crippen LogP contribution in [0.3, 0.4) is 0 Å². The Balaban J connectivity index is 1.23. The van der Waals surface area contributed by atoms with Gasteiger partial charge in [-0.15, -0.1) is 0 Å². The summed E-state index contributed by atoms with van der Waals surface area (Å²) in [5.41, 5.74) is 9.68. The maximum absolute atomic E-state index is 5.23. The molecule has 0 radical (unpaired) electrons. The van der Waals surface area contributed by atoms with E-state index in [0.717, 1.165) is 17.1 Å². The number of fused-ring (bicyclic) bond motifs is 3. The molecule has 7 aromatic carbocycles. The monoisotopic (exact) mass is 600 g/mol. The first kappa shape index (κ1) is 27.3. The maximum Gasteiger partial charge on any atom is 0.136 e. The standard InChI is InChI=1S/C45H32N2/c1-4-14-31(15-5-1)35-28-29-39-40(30-35)44(32-16-6-2-7-17-32)38-21-11-10-20-37(38)43(39)33-24-26-34(27-25-33)45-46-41-22-12-13-23-42(41)47(45)36-18-8-3-9-19-36/h1-30,41-42H. The van der Waals surface area contributed by atoms with Crippen LogP contribution in [-0.2, 0) is 0 Å². The maximum atomic E-state index is 5.23. The molecule has 7 aromatic rings. The van der Waals surface area contributed by atoms with Gasteiger partial charge in [0.25, 0.3) is 0 Å². The molecule has 2 unspecified atom stereocenters. The fourth-order valence-electron chi connectivity index (χ4n) is 7.38. The van der Waals surface area contributed by atoms with Gasteiger partial charge in [0.2, 0.25) is 0 Å². The normalized spacial score (nSPS) is 16.9. The van der Waals surface area contributed by atoms with E-state index in [1.165, 1.54) is 54.9 Å². The molecule has 0 fully saturated rings. The summed E-state index contributed by atoms with van der Waals surface area (Å²) in [6.07, 6.45) is 8.71. The first-order valence-electron chi connectivity index (χ1n) is 16.3. The molecular formula is C45H32N2. The Hall–Kier alpha value is -5.99. The minimum atomic E-state index is 0.104. The predicted octanol–water partition coefficient (Wildman–Crippen LogP) is 11.1. The molecule has 0 saturated carbocycles. The number of nitrogens with zero attached hydrogens (tertiary/aromatic N) is 2. The molecule has 0 N–H and O–H groups in total. The topological polar surface area (TPSA) is 15.6 Å². The lowest BCUT2D eigenvalue weighted by Gasteiger charge is -2.29. The first-order chi connectivity index (χ1) is 23.3. The van der Waals surface area contributed by atoms with E-state index >= 15 is 0 Å². The van der Waals surface area contributed by atoms with E-state index < -0.39 is 0 Å². The molecule has 2 nitrogen and oxygen atoms in total. The average molecular weight is 601 g/mol. The van der Waals surface area contributed by atoms with Crippen molar-refractivity contribution in [3.05, 3.63) is 188 Å². The average Bonchev–Trinajstić information content (AvgIpc) is 3.54. The van der Waals surface area contributed by atoms with Crippen LogP contribution in [0.15, 0.2) is 187 Å². The molecule has 2 heteroatoms. The van der Waals surface area contributed by atoms with E-state index in [-0.39, 0.29) is 12.1 Å². The van der Waals surface area contributed by atoms with Crippen LogP contribution in [-0.4, -0.2) is 17.9 Å². The summed E-state index contributed by atoms with van der Waals surface area (Å²) in [5, 5.41) is 5.02. The highest BCUT2D eigenvalue weighted by Crippen LogP contribution is 2.45. The summed E-state index contributed by atoms with van der Waals surface area (Å²) in [5.74, 6) is 1.01. The summed E-state index contributed by atoms with van der Waals surface area (Å²) in [6.45, 7) is 0. The Morgan fingerprint density at radius 3 is 1.62 bits per heavy atom. The molecule has 0 spiro atoms. The van der Waals surface area contributed by atoms with Gasteiger partial charge in [-0.3, -0.25) is 4.99 Å². The molecule has 0 bridgehead atoms. The van der Waals surface area contributed by atoms with Gasteiger partial charge in [0.15, 0.2) is 0 Å². The predicted molar refractivity (Wildman–Crippen MR) is 199 cm³/mol. The Morgan fingerprint density at radius 2 is 0.915 bits per heavy atom. The fraction of sp³-hybridized carbons (Fsp3) is 0.0444. The molecule has 222 valence electrons. The highest BCUT2D eigenvalue weighted by atomic mass is 15.3. The third-order valence-electron chi connectivity index (χ3n) is 9.53. The quantitative estimate of drug-likeness (QED) is 0.179. The van der Waals surface area contributed by atoms with E-state index in [9.17, 15) is 0 Å². The van der Waals surface area contributed by atoms with Crippen LogP contribution in [0.5, 0.6) is 0 Å². The number of rotatable bonds is 5. The summed E-state index contributed by atoms with van der Waals surface area (Å²) in [4.78, 5) is 7.61. The van der Waals surface area contributed by atoms with Gasteiger partial charge >= 0.3 is 0 Å². The number of aliphatic imine (C=N–C) groups is 1. The fourth-order valence-corrected chi connectivity index (χ4v) is 7.38. The van der Waals surface area contributed by atoms with E-state index in [1.54, 1.807) is 0 Å². The zero-order valence-corrected chi connectivity index (χ0v) is 25.9. The second kappa shape index (κ2) is 11.4. The van der Waals surface area contributed by atoms with E-state index in [1.807, 2.05) is 0 Å². The molecule has 0 aromatic heterocycles. The van der Waals surface area contributed by atoms with Crippen LogP contribution < -0.4 is 4.90 Å². The Morgan fingerprint density at radius 1 is 0.404 bits per heavy atom. The van der Waals surface area contributed by atoms with Crippen molar-refractivity contribution in [2.45, 2.75) is 12.1 Å². The van der Waals surface area contributed by atoms with E-state index in [4.69, 9.17) is 4.99 Å². The smallest absolute Gasteiger partial charge is 0.136 e. The van der Waals surface area contributed by atoms with Crippen molar-refractivity contribution in [2.75, 3.05) is 4.90 Å². The molecule has 0 amide bonds. The Labute approximate surface area is 275 Å². The lowest BCUT2D eigenvalue weighted by molar-refractivity contribution is 0.739. The zero-order valence-electron chi connectivity index (χ0n) is 25.9. The van der Waals surface area contributed by atoms with Crippen molar-refractivity contribution in [2.24, 2.45) is 4.99 Å². The van der Waals surface area contributed by atoms with Gasteiger partial charge in [0.05, 0.1) is 12.1 Å². The summed E-state index contributed by atoms with van der Waals surface area (Å²) < 4.78 is 0. The number of benzene rings is 7. The van der Waals surface area contributed by atoms with Crippen molar-refractivity contribution in [3.63, 3.8) is 0 Å². The van der Waals surface area contributed by atoms with Crippen LogP contribution in [0.4, 0.5) is 5.69 Å². The van der Waals surface area contributed by atoms with Gasteiger partial charge in [0.1, 0.15) is 5.84 Å². The number of hydrogen-bond donors (Lipinski definition) is 0. The van der Waals surface area contributed by atoms with E-state index in [2.05, 4.69) is 187 Å². The largest absolute Gasteiger partial charge is 0.317 e. The molecule has 0 saturated heterocycles. The van der Waals surface area contributed by atoms with Gasteiger partial charge < -0.3 is 4.90 Å².